The predicted octanol–water partition coefficient (Wildman–Crippen LogP) is 4.15. The first-order chi connectivity index (χ1) is 16.1. The Balaban J connectivity index is 1.64. The van der Waals surface area contributed by atoms with Gasteiger partial charge >= 0.3 is 10.2 Å². The molecule has 0 amide bonds. The molecule has 8 nitrogen and oxygen atoms in total. The molecule has 2 aromatic carbocycles. The molecular weight excluding hydrogens is 472 g/mol. The van der Waals surface area contributed by atoms with Gasteiger partial charge in [-0.1, -0.05) is 50.3 Å². The molecule has 3 rings (SSSR count). The van der Waals surface area contributed by atoms with Crippen molar-refractivity contribution < 1.29 is 16.8 Å². The second-order valence-electron chi connectivity index (χ2n) is 9.20. The second-order valence-corrected chi connectivity index (χ2v) is 12.8. The summed E-state index contributed by atoms with van der Waals surface area (Å²) in [6.07, 6.45) is 7.74. The third-order valence-corrected chi connectivity index (χ3v) is 9.04. The molecule has 2 aromatic rings. The van der Waals surface area contributed by atoms with Gasteiger partial charge in [-0.3, -0.25) is 9.44 Å². The summed E-state index contributed by atoms with van der Waals surface area (Å²) >= 11 is 0. The van der Waals surface area contributed by atoms with E-state index in [1.165, 1.54) is 70.5 Å². The lowest BCUT2D eigenvalue weighted by Gasteiger charge is -2.25. The highest BCUT2D eigenvalue weighted by Crippen LogP contribution is 2.27. The van der Waals surface area contributed by atoms with E-state index in [4.69, 9.17) is 0 Å². The second kappa shape index (κ2) is 11.5. The van der Waals surface area contributed by atoms with E-state index >= 15 is 0 Å². The highest BCUT2D eigenvalue weighted by atomic mass is 32.2. The van der Waals surface area contributed by atoms with Gasteiger partial charge in [-0.25, -0.2) is 8.42 Å². The molecule has 0 heterocycles. The van der Waals surface area contributed by atoms with Gasteiger partial charge in [0.15, 0.2) is 0 Å². The van der Waals surface area contributed by atoms with Crippen molar-refractivity contribution in [3.05, 3.63) is 54.1 Å². The van der Waals surface area contributed by atoms with Crippen LogP contribution < -0.4 is 14.8 Å². The van der Waals surface area contributed by atoms with Crippen LogP contribution in [0.25, 0.3) is 0 Å². The summed E-state index contributed by atoms with van der Waals surface area (Å²) in [4.78, 5) is 0.0497. The average molecular weight is 509 g/mol. The van der Waals surface area contributed by atoms with Crippen LogP contribution in [0.15, 0.2) is 53.4 Å². The van der Waals surface area contributed by atoms with Gasteiger partial charge in [-0.15, -0.1) is 0 Å². The Morgan fingerprint density at radius 1 is 0.912 bits per heavy atom. The van der Waals surface area contributed by atoms with Gasteiger partial charge in [-0.05, 0) is 55.2 Å². The molecule has 0 spiro atoms. The van der Waals surface area contributed by atoms with Crippen molar-refractivity contribution in [2.75, 3.05) is 23.5 Å². The van der Waals surface area contributed by atoms with E-state index in [1.54, 1.807) is 12.1 Å². The highest BCUT2D eigenvalue weighted by Gasteiger charge is 2.19. The fraction of sp³-hybridized carbons (Fsp3) is 0.500. The Labute approximate surface area is 204 Å². The Morgan fingerprint density at radius 2 is 1.56 bits per heavy atom. The summed E-state index contributed by atoms with van der Waals surface area (Å²) in [5.41, 5.74) is 1.68. The van der Waals surface area contributed by atoms with E-state index in [-0.39, 0.29) is 10.6 Å². The number of nitrogens with zero attached hydrogens (tertiary/aromatic N) is 1. The molecule has 0 saturated heterocycles. The molecule has 3 N–H and O–H groups in total. The SMILES string of the molecule is CC(CC1CCCCC1)NCc1ccccc1NS(=O)(=O)c1ccc(NS(=O)(=O)N(C)C)cc1. The van der Waals surface area contributed by atoms with Crippen molar-refractivity contribution in [2.45, 2.75) is 62.9 Å². The third kappa shape index (κ3) is 7.43. The van der Waals surface area contributed by atoms with Crippen LogP contribution in [0.5, 0.6) is 0 Å². The number of hydrogen-bond acceptors (Lipinski definition) is 5. The fourth-order valence-electron chi connectivity index (χ4n) is 4.21. The number of sulfonamides is 1. The molecule has 1 unspecified atom stereocenters. The number of para-hydroxylation sites is 1. The molecule has 1 saturated carbocycles. The standard InChI is InChI=1S/C24H36N4O4S2/c1-19(17-20-9-5-4-6-10-20)25-18-21-11-7-8-12-24(21)27-33(29,30)23-15-13-22(14-16-23)26-34(31,32)28(2)3/h7-8,11-16,19-20,25-27H,4-6,9-10,17-18H2,1-3H3. The van der Waals surface area contributed by atoms with Crippen LogP contribution in [0, 0.1) is 5.92 Å². The molecule has 1 aliphatic rings. The van der Waals surface area contributed by atoms with Crippen LogP contribution in [0.1, 0.15) is 51.0 Å². The van der Waals surface area contributed by atoms with Gasteiger partial charge in [0.1, 0.15) is 0 Å². The van der Waals surface area contributed by atoms with Gasteiger partial charge in [0, 0.05) is 32.4 Å². The molecule has 0 aromatic heterocycles. The first kappa shape index (κ1) is 26.5. The lowest BCUT2D eigenvalue weighted by atomic mass is 9.85. The summed E-state index contributed by atoms with van der Waals surface area (Å²) in [5.74, 6) is 0.773. The minimum absolute atomic E-state index is 0.0497. The van der Waals surface area contributed by atoms with Crippen molar-refractivity contribution in [3.63, 3.8) is 0 Å². The smallest absolute Gasteiger partial charge is 0.301 e. The summed E-state index contributed by atoms with van der Waals surface area (Å²) in [7, 11) is -4.68. The van der Waals surface area contributed by atoms with E-state index in [2.05, 4.69) is 21.7 Å². The first-order valence-electron chi connectivity index (χ1n) is 11.7. The monoisotopic (exact) mass is 508 g/mol. The Morgan fingerprint density at radius 3 is 2.21 bits per heavy atom. The number of hydrogen-bond donors (Lipinski definition) is 3. The minimum atomic E-state index is -3.84. The number of rotatable bonds is 11. The van der Waals surface area contributed by atoms with Gasteiger partial charge in [0.05, 0.1) is 10.6 Å². The molecule has 1 aliphatic carbocycles. The molecule has 0 aliphatic heterocycles. The number of benzene rings is 2. The maximum Gasteiger partial charge on any atom is 0.301 e. The van der Waals surface area contributed by atoms with E-state index < -0.39 is 20.2 Å². The number of anilines is 2. The van der Waals surface area contributed by atoms with Crippen molar-refractivity contribution in [3.8, 4) is 0 Å². The summed E-state index contributed by atoms with van der Waals surface area (Å²) in [6, 6.07) is 13.3. The Bertz CT molecular complexity index is 1140. The van der Waals surface area contributed by atoms with Gasteiger partial charge in [0.2, 0.25) is 0 Å². The molecule has 1 fully saturated rings. The molecule has 0 radical (unpaired) electrons. The van der Waals surface area contributed by atoms with E-state index in [0.717, 1.165) is 22.2 Å². The zero-order chi connectivity index (χ0) is 24.8. The van der Waals surface area contributed by atoms with Gasteiger partial charge in [0.25, 0.3) is 10.0 Å². The molecule has 34 heavy (non-hydrogen) atoms. The maximum absolute atomic E-state index is 13.0. The average Bonchev–Trinajstić information content (AvgIpc) is 2.79. The van der Waals surface area contributed by atoms with Crippen LogP contribution in [0.4, 0.5) is 11.4 Å². The van der Waals surface area contributed by atoms with Crippen LogP contribution >= 0.6 is 0 Å². The normalized spacial score (nSPS) is 16.4. The zero-order valence-electron chi connectivity index (χ0n) is 20.1. The number of nitrogens with one attached hydrogen (secondary N) is 3. The molecule has 10 heteroatoms. The van der Waals surface area contributed by atoms with Crippen molar-refractivity contribution in [1.82, 2.24) is 9.62 Å². The van der Waals surface area contributed by atoms with Crippen LogP contribution in [-0.4, -0.2) is 41.3 Å². The lowest BCUT2D eigenvalue weighted by molar-refractivity contribution is 0.305. The molecule has 0 bridgehead atoms. The van der Waals surface area contributed by atoms with Crippen LogP contribution in [0.2, 0.25) is 0 Å². The minimum Gasteiger partial charge on any atom is -0.310 e. The quantitative estimate of drug-likeness (QED) is 0.423. The van der Waals surface area contributed by atoms with E-state index in [0.29, 0.717) is 18.3 Å². The largest absolute Gasteiger partial charge is 0.310 e. The lowest BCUT2D eigenvalue weighted by Crippen LogP contribution is -2.29. The molecule has 188 valence electrons. The van der Waals surface area contributed by atoms with Crippen molar-refractivity contribution >= 4 is 31.6 Å². The molecule has 1 atom stereocenters. The first-order valence-corrected chi connectivity index (χ1v) is 14.6. The third-order valence-electron chi connectivity index (χ3n) is 6.21. The van der Waals surface area contributed by atoms with E-state index in [1.807, 2.05) is 12.1 Å². The maximum atomic E-state index is 13.0. The Hall–Kier alpha value is -2.14. The van der Waals surface area contributed by atoms with Crippen LogP contribution in [-0.2, 0) is 26.8 Å². The zero-order valence-corrected chi connectivity index (χ0v) is 21.8. The van der Waals surface area contributed by atoms with Crippen molar-refractivity contribution in [1.29, 1.82) is 0 Å². The highest BCUT2D eigenvalue weighted by molar-refractivity contribution is 7.92. The Kier molecular flexibility index (Phi) is 8.97. The summed E-state index contributed by atoms with van der Waals surface area (Å²) in [5, 5.41) is 3.55. The van der Waals surface area contributed by atoms with Gasteiger partial charge in [-0.2, -0.15) is 12.7 Å². The van der Waals surface area contributed by atoms with Gasteiger partial charge < -0.3 is 5.32 Å². The fourth-order valence-corrected chi connectivity index (χ4v) is 5.93. The van der Waals surface area contributed by atoms with E-state index in [9.17, 15) is 16.8 Å². The topological polar surface area (TPSA) is 108 Å². The van der Waals surface area contributed by atoms with Crippen molar-refractivity contribution in [2.24, 2.45) is 5.92 Å². The summed E-state index contributed by atoms with van der Waals surface area (Å²) in [6.45, 7) is 2.76. The van der Waals surface area contributed by atoms with Crippen LogP contribution in [0.3, 0.4) is 0 Å². The predicted molar refractivity (Wildman–Crippen MR) is 137 cm³/mol. The summed E-state index contributed by atoms with van der Waals surface area (Å²) < 4.78 is 56.0. The molecular formula is C24H36N4O4S2.